The molecule has 0 aromatic rings. The van der Waals surface area contributed by atoms with E-state index in [1.807, 2.05) is 7.05 Å². The molecule has 5 nitrogen and oxygen atoms in total. The minimum Gasteiger partial charge on any atom is -0.381 e. The summed E-state index contributed by atoms with van der Waals surface area (Å²) in [6, 6.07) is 0. The lowest BCUT2D eigenvalue weighted by atomic mass is 9.75. The Kier molecular flexibility index (Phi) is 9.89. The van der Waals surface area contributed by atoms with Crippen molar-refractivity contribution in [2.24, 2.45) is 16.8 Å². The lowest BCUT2D eigenvalue weighted by molar-refractivity contribution is 0.0673. The summed E-state index contributed by atoms with van der Waals surface area (Å²) >= 11 is 0. The lowest BCUT2D eigenvalue weighted by Gasteiger charge is -2.45. The summed E-state index contributed by atoms with van der Waals surface area (Å²) in [6.45, 7) is 6.15. The SMILES string of the molecule is CN=C(NCC1CCOCC1)NCC1(N(C)C)CCCC(C)C1.I. The van der Waals surface area contributed by atoms with Gasteiger partial charge in [-0.2, -0.15) is 0 Å². The molecule has 1 saturated carbocycles. The molecule has 2 fully saturated rings. The third kappa shape index (κ3) is 6.33. The summed E-state index contributed by atoms with van der Waals surface area (Å²) in [5.74, 6) is 2.46. The Morgan fingerprint density at radius 3 is 2.50 bits per heavy atom. The molecular formula is C18H37IN4O. The van der Waals surface area contributed by atoms with E-state index in [0.29, 0.717) is 5.92 Å². The summed E-state index contributed by atoms with van der Waals surface area (Å²) in [4.78, 5) is 6.83. The van der Waals surface area contributed by atoms with Crippen molar-refractivity contribution in [3.63, 3.8) is 0 Å². The number of ether oxygens (including phenoxy) is 1. The summed E-state index contributed by atoms with van der Waals surface area (Å²) in [5.41, 5.74) is 0.258. The minimum absolute atomic E-state index is 0. The monoisotopic (exact) mass is 452 g/mol. The zero-order chi connectivity index (χ0) is 16.7. The van der Waals surface area contributed by atoms with E-state index >= 15 is 0 Å². The van der Waals surface area contributed by atoms with Crippen LogP contribution in [0, 0.1) is 11.8 Å². The van der Waals surface area contributed by atoms with Gasteiger partial charge in [0.05, 0.1) is 0 Å². The van der Waals surface area contributed by atoms with E-state index < -0.39 is 0 Å². The van der Waals surface area contributed by atoms with Gasteiger partial charge in [-0.3, -0.25) is 4.99 Å². The molecule has 142 valence electrons. The minimum atomic E-state index is 0. The van der Waals surface area contributed by atoms with E-state index in [1.165, 1.54) is 25.7 Å². The first-order chi connectivity index (χ1) is 11.1. The Bertz CT molecular complexity index is 385. The largest absolute Gasteiger partial charge is 0.381 e. The van der Waals surface area contributed by atoms with Gasteiger partial charge < -0.3 is 20.3 Å². The van der Waals surface area contributed by atoms with E-state index in [0.717, 1.165) is 51.0 Å². The van der Waals surface area contributed by atoms with Gasteiger partial charge in [0.15, 0.2) is 5.96 Å². The fraction of sp³-hybridized carbons (Fsp3) is 0.944. The van der Waals surface area contributed by atoms with Crippen LogP contribution >= 0.6 is 24.0 Å². The van der Waals surface area contributed by atoms with Crippen molar-refractivity contribution >= 4 is 29.9 Å². The average Bonchev–Trinajstić information content (AvgIpc) is 2.56. The van der Waals surface area contributed by atoms with E-state index in [1.54, 1.807) is 0 Å². The van der Waals surface area contributed by atoms with Crippen molar-refractivity contribution in [2.45, 2.75) is 51.0 Å². The maximum Gasteiger partial charge on any atom is 0.191 e. The van der Waals surface area contributed by atoms with Crippen LogP contribution in [0.3, 0.4) is 0 Å². The number of halogens is 1. The maximum absolute atomic E-state index is 5.43. The van der Waals surface area contributed by atoms with Gasteiger partial charge in [-0.1, -0.05) is 19.8 Å². The molecule has 2 aliphatic rings. The van der Waals surface area contributed by atoms with Crippen LogP contribution in [0.1, 0.15) is 45.4 Å². The van der Waals surface area contributed by atoms with Crippen molar-refractivity contribution in [2.75, 3.05) is 47.4 Å². The van der Waals surface area contributed by atoms with Gasteiger partial charge in [0.2, 0.25) is 0 Å². The Labute approximate surface area is 165 Å². The molecule has 0 aromatic carbocycles. The molecule has 0 spiro atoms. The van der Waals surface area contributed by atoms with Crippen LogP contribution in [-0.4, -0.2) is 63.8 Å². The molecule has 2 unspecified atom stereocenters. The predicted octanol–water partition coefficient (Wildman–Crippen LogP) is 2.71. The topological polar surface area (TPSA) is 48.9 Å². The highest BCUT2D eigenvalue weighted by atomic mass is 127. The second-order valence-corrected chi connectivity index (χ2v) is 7.68. The summed E-state index contributed by atoms with van der Waals surface area (Å²) < 4.78 is 5.43. The van der Waals surface area contributed by atoms with Gasteiger partial charge >= 0.3 is 0 Å². The fourth-order valence-corrected chi connectivity index (χ4v) is 4.02. The predicted molar refractivity (Wildman–Crippen MR) is 112 cm³/mol. The number of rotatable bonds is 5. The van der Waals surface area contributed by atoms with Gasteiger partial charge in [0, 0.05) is 38.9 Å². The standard InChI is InChI=1S/C18H36N4O.HI/c1-15-6-5-9-18(12-15,22(3)4)14-21-17(19-2)20-13-16-7-10-23-11-8-16;/h15-16H,5-14H2,1-4H3,(H2,19,20,21);1H. The lowest BCUT2D eigenvalue weighted by Crippen LogP contribution is -2.56. The fourth-order valence-electron chi connectivity index (χ4n) is 4.02. The van der Waals surface area contributed by atoms with Gasteiger partial charge in [0.25, 0.3) is 0 Å². The molecule has 24 heavy (non-hydrogen) atoms. The first kappa shape index (κ1) is 22.0. The van der Waals surface area contributed by atoms with Crippen molar-refractivity contribution in [3.05, 3.63) is 0 Å². The van der Waals surface area contributed by atoms with E-state index in [2.05, 4.69) is 41.5 Å². The van der Waals surface area contributed by atoms with E-state index in [-0.39, 0.29) is 29.5 Å². The Morgan fingerprint density at radius 1 is 1.21 bits per heavy atom. The van der Waals surface area contributed by atoms with Crippen LogP contribution in [-0.2, 0) is 4.74 Å². The van der Waals surface area contributed by atoms with E-state index in [9.17, 15) is 0 Å². The van der Waals surface area contributed by atoms with Gasteiger partial charge in [-0.15, -0.1) is 24.0 Å². The highest BCUT2D eigenvalue weighted by molar-refractivity contribution is 14.0. The number of hydrogen-bond acceptors (Lipinski definition) is 3. The average molecular weight is 452 g/mol. The van der Waals surface area contributed by atoms with Crippen LogP contribution < -0.4 is 10.6 Å². The molecule has 6 heteroatoms. The normalized spacial score (nSPS) is 29.2. The molecule has 1 aliphatic carbocycles. The number of guanidine groups is 1. The first-order valence-electron chi connectivity index (χ1n) is 9.25. The number of nitrogens with one attached hydrogen (secondary N) is 2. The summed E-state index contributed by atoms with van der Waals surface area (Å²) in [7, 11) is 6.31. The Hall–Kier alpha value is -0.0800. The molecule has 0 radical (unpaired) electrons. The van der Waals surface area contributed by atoms with Crippen molar-refractivity contribution < 1.29 is 4.74 Å². The molecule has 0 aromatic heterocycles. The van der Waals surface area contributed by atoms with Gasteiger partial charge in [-0.05, 0) is 51.6 Å². The van der Waals surface area contributed by atoms with Crippen LogP contribution in [0.2, 0.25) is 0 Å². The smallest absolute Gasteiger partial charge is 0.191 e. The summed E-state index contributed by atoms with van der Waals surface area (Å²) in [5, 5.41) is 7.10. The highest BCUT2D eigenvalue weighted by Crippen LogP contribution is 2.35. The van der Waals surface area contributed by atoms with E-state index in [4.69, 9.17) is 4.74 Å². The van der Waals surface area contributed by atoms with Crippen molar-refractivity contribution in [3.8, 4) is 0 Å². The third-order valence-corrected chi connectivity index (χ3v) is 5.72. The van der Waals surface area contributed by atoms with Crippen LogP contribution in [0.25, 0.3) is 0 Å². The molecular weight excluding hydrogens is 415 g/mol. The Morgan fingerprint density at radius 2 is 1.92 bits per heavy atom. The second-order valence-electron chi connectivity index (χ2n) is 7.68. The molecule has 2 rings (SSSR count). The molecule has 0 bridgehead atoms. The Balaban J connectivity index is 0.00000288. The molecule has 1 aliphatic heterocycles. The highest BCUT2D eigenvalue weighted by Gasteiger charge is 2.36. The second kappa shape index (κ2) is 10.8. The number of hydrogen-bond donors (Lipinski definition) is 2. The van der Waals surface area contributed by atoms with Crippen LogP contribution in [0.4, 0.5) is 0 Å². The first-order valence-corrected chi connectivity index (χ1v) is 9.25. The van der Waals surface area contributed by atoms with Crippen LogP contribution in [0.5, 0.6) is 0 Å². The van der Waals surface area contributed by atoms with Gasteiger partial charge in [0.1, 0.15) is 0 Å². The molecule has 2 N–H and O–H groups in total. The third-order valence-electron chi connectivity index (χ3n) is 5.72. The number of likely N-dealkylation sites (N-methyl/N-ethyl adjacent to an activating group) is 1. The molecule has 0 amide bonds. The maximum atomic E-state index is 5.43. The molecule has 1 saturated heterocycles. The zero-order valence-corrected chi connectivity index (χ0v) is 18.3. The summed E-state index contributed by atoms with van der Waals surface area (Å²) in [6.07, 6.45) is 7.55. The molecule has 1 heterocycles. The number of aliphatic imine (C=N–C) groups is 1. The van der Waals surface area contributed by atoms with Crippen molar-refractivity contribution in [1.82, 2.24) is 15.5 Å². The van der Waals surface area contributed by atoms with Gasteiger partial charge in [-0.25, -0.2) is 0 Å². The quantitative estimate of drug-likeness (QED) is 0.383. The van der Waals surface area contributed by atoms with Crippen molar-refractivity contribution in [1.29, 1.82) is 0 Å². The molecule has 2 atom stereocenters. The zero-order valence-electron chi connectivity index (χ0n) is 15.9. The number of nitrogens with zero attached hydrogens (tertiary/aromatic N) is 2. The van der Waals surface area contributed by atoms with Crippen LogP contribution in [0.15, 0.2) is 4.99 Å².